The minimum Gasteiger partial charge on any atom is -0.497 e. The van der Waals surface area contributed by atoms with Gasteiger partial charge in [0, 0.05) is 26.7 Å². The molecule has 0 radical (unpaired) electrons. The predicted molar refractivity (Wildman–Crippen MR) is 84.0 cm³/mol. The van der Waals surface area contributed by atoms with E-state index in [1.165, 1.54) is 5.56 Å². The van der Waals surface area contributed by atoms with Crippen LogP contribution < -0.4 is 10.1 Å². The second kappa shape index (κ2) is 7.45. The average Bonchev–Trinajstić information content (AvgIpc) is 2.98. The molecule has 5 heteroatoms. The van der Waals surface area contributed by atoms with Crippen molar-refractivity contribution in [3.8, 4) is 5.75 Å². The van der Waals surface area contributed by atoms with Gasteiger partial charge in [0.05, 0.1) is 13.2 Å². The molecule has 0 unspecified atom stereocenters. The molecule has 0 saturated carbocycles. The van der Waals surface area contributed by atoms with Crippen LogP contribution in [0.4, 0.5) is 0 Å². The van der Waals surface area contributed by atoms with E-state index in [0.717, 1.165) is 43.4 Å². The number of hydrogen-bond acceptors (Lipinski definition) is 3. The summed E-state index contributed by atoms with van der Waals surface area (Å²) >= 11 is 5.39. The third kappa shape index (κ3) is 4.35. The quantitative estimate of drug-likeness (QED) is 0.842. The fraction of sp³-hybridized carbons (Fsp3) is 0.533. The lowest BCUT2D eigenvalue weighted by atomic mass is 10.2. The highest BCUT2D eigenvalue weighted by molar-refractivity contribution is 7.80. The maximum atomic E-state index is 5.57. The van der Waals surface area contributed by atoms with Crippen molar-refractivity contribution in [2.75, 3.05) is 27.3 Å². The SMILES string of the molecule is COc1ccc(CN(C)C(=S)NC[C@H]2CCCO2)cc1. The summed E-state index contributed by atoms with van der Waals surface area (Å²) in [6, 6.07) is 8.04. The van der Waals surface area contributed by atoms with Crippen molar-refractivity contribution < 1.29 is 9.47 Å². The molecule has 1 N–H and O–H groups in total. The molecule has 1 aromatic carbocycles. The summed E-state index contributed by atoms with van der Waals surface area (Å²) in [4.78, 5) is 2.03. The normalized spacial score (nSPS) is 17.8. The Labute approximate surface area is 126 Å². The van der Waals surface area contributed by atoms with Gasteiger partial charge in [0.25, 0.3) is 0 Å². The third-order valence-corrected chi connectivity index (χ3v) is 3.89. The lowest BCUT2D eigenvalue weighted by Gasteiger charge is -2.22. The summed E-state index contributed by atoms with van der Waals surface area (Å²) in [7, 11) is 3.67. The Hall–Kier alpha value is -1.33. The molecule has 1 atom stereocenters. The van der Waals surface area contributed by atoms with Gasteiger partial charge in [0.1, 0.15) is 5.75 Å². The smallest absolute Gasteiger partial charge is 0.169 e. The molecule has 0 bridgehead atoms. The molecule has 0 aliphatic carbocycles. The number of hydrogen-bond donors (Lipinski definition) is 1. The lowest BCUT2D eigenvalue weighted by Crippen LogP contribution is -2.40. The zero-order chi connectivity index (χ0) is 14.4. The zero-order valence-electron chi connectivity index (χ0n) is 12.1. The van der Waals surface area contributed by atoms with E-state index < -0.39 is 0 Å². The van der Waals surface area contributed by atoms with Crippen molar-refractivity contribution in [2.45, 2.75) is 25.5 Å². The van der Waals surface area contributed by atoms with Crippen LogP contribution >= 0.6 is 12.2 Å². The Bertz CT molecular complexity index is 430. The van der Waals surface area contributed by atoms with E-state index in [9.17, 15) is 0 Å². The van der Waals surface area contributed by atoms with Gasteiger partial charge >= 0.3 is 0 Å². The van der Waals surface area contributed by atoms with Gasteiger partial charge in [0.15, 0.2) is 5.11 Å². The van der Waals surface area contributed by atoms with Gasteiger partial charge in [-0.2, -0.15) is 0 Å². The van der Waals surface area contributed by atoms with Crippen molar-refractivity contribution in [2.24, 2.45) is 0 Å². The molecule has 1 aromatic rings. The number of rotatable bonds is 5. The molecule has 1 fully saturated rings. The summed E-state index contributed by atoms with van der Waals surface area (Å²) in [5.74, 6) is 0.871. The molecule has 1 heterocycles. The zero-order valence-corrected chi connectivity index (χ0v) is 12.9. The van der Waals surface area contributed by atoms with E-state index in [1.807, 2.05) is 24.1 Å². The van der Waals surface area contributed by atoms with Gasteiger partial charge in [-0.25, -0.2) is 0 Å². The van der Waals surface area contributed by atoms with Crippen molar-refractivity contribution >= 4 is 17.3 Å². The maximum Gasteiger partial charge on any atom is 0.169 e. The van der Waals surface area contributed by atoms with Crippen LogP contribution in [-0.2, 0) is 11.3 Å². The Morgan fingerprint density at radius 2 is 2.20 bits per heavy atom. The predicted octanol–water partition coefficient (Wildman–Crippen LogP) is 2.18. The fourth-order valence-corrected chi connectivity index (χ4v) is 2.37. The van der Waals surface area contributed by atoms with Gasteiger partial charge in [-0.1, -0.05) is 12.1 Å². The van der Waals surface area contributed by atoms with Gasteiger partial charge < -0.3 is 19.7 Å². The average molecular weight is 294 g/mol. The monoisotopic (exact) mass is 294 g/mol. The highest BCUT2D eigenvalue weighted by Gasteiger charge is 2.16. The van der Waals surface area contributed by atoms with Crippen LogP contribution in [0.5, 0.6) is 5.75 Å². The van der Waals surface area contributed by atoms with Crippen LogP contribution in [0.15, 0.2) is 24.3 Å². The summed E-state index contributed by atoms with van der Waals surface area (Å²) < 4.78 is 10.7. The molecule has 1 saturated heterocycles. The Morgan fingerprint density at radius 1 is 1.45 bits per heavy atom. The molecule has 1 aliphatic heterocycles. The molecule has 0 amide bonds. The lowest BCUT2D eigenvalue weighted by molar-refractivity contribution is 0.113. The van der Waals surface area contributed by atoms with Crippen LogP contribution in [0.25, 0.3) is 0 Å². The van der Waals surface area contributed by atoms with Crippen LogP contribution in [-0.4, -0.2) is 43.4 Å². The number of thiocarbonyl (C=S) groups is 1. The Kier molecular flexibility index (Phi) is 5.61. The second-order valence-electron chi connectivity index (χ2n) is 5.03. The first-order valence-corrected chi connectivity index (χ1v) is 7.33. The summed E-state index contributed by atoms with van der Waals surface area (Å²) in [5, 5.41) is 4.04. The Balaban J connectivity index is 1.77. The molecular formula is C15H22N2O2S. The number of ether oxygens (including phenoxy) is 2. The van der Waals surface area contributed by atoms with Crippen LogP contribution in [0.1, 0.15) is 18.4 Å². The molecule has 4 nitrogen and oxygen atoms in total. The first kappa shape index (κ1) is 15.1. The van der Waals surface area contributed by atoms with E-state index in [4.69, 9.17) is 21.7 Å². The van der Waals surface area contributed by atoms with Crippen LogP contribution in [0.2, 0.25) is 0 Å². The van der Waals surface area contributed by atoms with Crippen molar-refractivity contribution in [1.82, 2.24) is 10.2 Å². The van der Waals surface area contributed by atoms with Crippen molar-refractivity contribution in [3.63, 3.8) is 0 Å². The minimum atomic E-state index is 0.308. The summed E-state index contributed by atoms with van der Waals surface area (Å²) in [6.45, 7) is 2.45. The first-order valence-electron chi connectivity index (χ1n) is 6.92. The number of benzene rings is 1. The maximum absolute atomic E-state index is 5.57. The van der Waals surface area contributed by atoms with Gasteiger partial charge in [0.2, 0.25) is 0 Å². The molecule has 0 spiro atoms. The van der Waals surface area contributed by atoms with Gasteiger partial charge in [-0.3, -0.25) is 0 Å². The molecule has 20 heavy (non-hydrogen) atoms. The standard InChI is InChI=1S/C15H22N2O2S/c1-17(11-12-5-7-13(18-2)8-6-12)15(20)16-10-14-4-3-9-19-14/h5-8,14H,3-4,9-11H2,1-2H3,(H,16,20)/t14-/m1/s1. The topological polar surface area (TPSA) is 33.7 Å². The molecule has 1 aliphatic rings. The van der Waals surface area contributed by atoms with Crippen LogP contribution in [0.3, 0.4) is 0 Å². The summed E-state index contributed by atoms with van der Waals surface area (Å²) in [6.07, 6.45) is 2.58. The third-order valence-electron chi connectivity index (χ3n) is 3.43. The number of nitrogens with zero attached hydrogens (tertiary/aromatic N) is 1. The van der Waals surface area contributed by atoms with Crippen molar-refractivity contribution in [1.29, 1.82) is 0 Å². The minimum absolute atomic E-state index is 0.308. The second-order valence-corrected chi connectivity index (χ2v) is 5.41. The van der Waals surface area contributed by atoms with E-state index in [1.54, 1.807) is 7.11 Å². The van der Waals surface area contributed by atoms with Gasteiger partial charge in [-0.05, 0) is 42.8 Å². The van der Waals surface area contributed by atoms with Crippen LogP contribution in [0, 0.1) is 0 Å². The number of methoxy groups -OCH3 is 1. The van der Waals surface area contributed by atoms with E-state index in [0.29, 0.717) is 6.10 Å². The largest absolute Gasteiger partial charge is 0.497 e. The first-order chi connectivity index (χ1) is 9.69. The summed E-state index contributed by atoms with van der Waals surface area (Å²) in [5.41, 5.74) is 1.20. The molecule has 0 aromatic heterocycles. The number of nitrogens with one attached hydrogen (secondary N) is 1. The highest BCUT2D eigenvalue weighted by Crippen LogP contribution is 2.13. The van der Waals surface area contributed by atoms with E-state index in [-0.39, 0.29) is 0 Å². The molecular weight excluding hydrogens is 272 g/mol. The fourth-order valence-electron chi connectivity index (χ4n) is 2.22. The Morgan fingerprint density at radius 3 is 2.80 bits per heavy atom. The van der Waals surface area contributed by atoms with Crippen molar-refractivity contribution in [3.05, 3.63) is 29.8 Å². The van der Waals surface area contributed by atoms with E-state index in [2.05, 4.69) is 17.4 Å². The van der Waals surface area contributed by atoms with Gasteiger partial charge in [-0.15, -0.1) is 0 Å². The molecule has 2 rings (SSSR count). The van der Waals surface area contributed by atoms with E-state index >= 15 is 0 Å². The molecule has 110 valence electrons. The highest BCUT2D eigenvalue weighted by atomic mass is 32.1.